The molecule has 4 heteroatoms. The van der Waals surface area contributed by atoms with E-state index in [1.807, 2.05) is 34.9 Å². The number of fused-ring (bicyclic) bond motifs is 1. The minimum absolute atomic E-state index is 0.250. The number of aromatic nitrogens is 2. The minimum Gasteiger partial charge on any atom is -0.508 e. The van der Waals surface area contributed by atoms with E-state index in [0.29, 0.717) is 0 Å². The van der Waals surface area contributed by atoms with Crippen molar-refractivity contribution in [3.63, 3.8) is 0 Å². The van der Waals surface area contributed by atoms with Crippen molar-refractivity contribution < 1.29 is 5.11 Å². The van der Waals surface area contributed by atoms with Gasteiger partial charge in [0.2, 0.25) is 0 Å². The van der Waals surface area contributed by atoms with E-state index >= 15 is 0 Å². The summed E-state index contributed by atoms with van der Waals surface area (Å²) in [6.45, 7) is 0. The van der Waals surface area contributed by atoms with Crippen LogP contribution in [0.1, 0.15) is 0 Å². The summed E-state index contributed by atoms with van der Waals surface area (Å²) in [6.07, 6.45) is 3.56. The van der Waals surface area contributed by atoms with Gasteiger partial charge in [-0.3, -0.25) is 4.40 Å². The molecular weight excluding hydrogens is 280 g/mol. The van der Waals surface area contributed by atoms with E-state index in [1.165, 1.54) is 0 Å². The average Bonchev–Trinajstić information content (AvgIpc) is 2.73. The van der Waals surface area contributed by atoms with E-state index < -0.39 is 0 Å². The molecule has 0 aliphatic carbocycles. The fourth-order valence-electron chi connectivity index (χ4n) is 1.80. The number of benzene rings is 1. The Morgan fingerprint density at radius 2 is 1.88 bits per heavy atom. The highest BCUT2D eigenvalue weighted by Crippen LogP contribution is 2.23. The molecule has 3 nitrogen and oxygen atoms in total. The highest BCUT2D eigenvalue weighted by molar-refractivity contribution is 9.10. The van der Waals surface area contributed by atoms with E-state index in [-0.39, 0.29) is 5.75 Å². The van der Waals surface area contributed by atoms with Crippen LogP contribution in [-0.4, -0.2) is 14.5 Å². The summed E-state index contributed by atoms with van der Waals surface area (Å²) in [4.78, 5) is 4.37. The van der Waals surface area contributed by atoms with Crippen LogP contribution in [0.2, 0.25) is 0 Å². The quantitative estimate of drug-likeness (QED) is 0.744. The third-order valence-electron chi connectivity index (χ3n) is 2.62. The standard InChI is InChI=1S/C13H9BrN2O/c14-10-3-1-9(2-4-10)13-15-8-11-7-12(17)5-6-16(11)13/h1-8,17H. The molecule has 3 aromatic rings. The first-order valence-electron chi connectivity index (χ1n) is 5.16. The Morgan fingerprint density at radius 3 is 2.65 bits per heavy atom. The van der Waals surface area contributed by atoms with Gasteiger partial charge in [0.05, 0.1) is 11.7 Å². The van der Waals surface area contributed by atoms with Crippen molar-refractivity contribution in [2.75, 3.05) is 0 Å². The molecule has 2 aromatic heterocycles. The van der Waals surface area contributed by atoms with Gasteiger partial charge in [-0.05, 0) is 18.2 Å². The maximum Gasteiger partial charge on any atom is 0.144 e. The lowest BCUT2D eigenvalue weighted by atomic mass is 10.2. The van der Waals surface area contributed by atoms with Gasteiger partial charge in [-0.1, -0.05) is 28.1 Å². The number of pyridine rings is 1. The Labute approximate surface area is 106 Å². The Hall–Kier alpha value is -1.81. The lowest BCUT2D eigenvalue weighted by molar-refractivity contribution is 0.475. The first-order chi connectivity index (χ1) is 8.24. The Kier molecular flexibility index (Phi) is 2.37. The second kappa shape index (κ2) is 3.89. The Bertz CT molecular complexity index is 673. The summed E-state index contributed by atoms with van der Waals surface area (Å²) in [5.41, 5.74) is 1.92. The molecule has 0 amide bonds. The van der Waals surface area contributed by atoms with Gasteiger partial charge in [0, 0.05) is 22.3 Å². The molecule has 0 atom stereocenters. The smallest absolute Gasteiger partial charge is 0.144 e. The summed E-state index contributed by atoms with van der Waals surface area (Å²) < 4.78 is 2.99. The minimum atomic E-state index is 0.250. The van der Waals surface area contributed by atoms with Gasteiger partial charge in [0.15, 0.2) is 0 Å². The van der Waals surface area contributed by atoms with Crippen LogP contribution < -0.4 is 0 Å². The van der Waals surface area contributed by atoms with Gasteiger partial charge in [-0.15, -0.1) is 0 Å². The summed E-state index contributed by atoms with van der Waals surface area (Å²) in [5.74, 6) is 1.12. The maximum absolute atomic E-state index is 9.40. The Morgan fingerprint density at radius 1 is 1.12 bits per heavy atom. The van der Waals surface area contributed by atoms with Gasteiger partial charge in [-0.25, -0.2) is 4.98 Å². The average molecular weight is 289 g/mol. The molecule has 0 aliphatic rings. The first kappa shape index (κ1) is 10.4. The summed E-state index contributed by atoms with van der Waals surface area (Å²) in [5, 5.41) is 9.40. The molecule has 2 heterocycles. The van der Waals surface area contributed by atoms with Crippen molar-refractivity contribution >= 4 is 21.4 Å². The van der Waals surface area contributed by atoms with Crippen LogP contribution in [0, 0.1) is 0 Å². The largest absolute Gasteiger partial charge is 0.508 e. The highest BCUT2D eigenvalue weighted by atomic mass is 79.9. The molecule has 84 valence electrons. The number of nitrogens with zero attached hydrogens (tertiary/aromatic N) is 2. The second-order valence-corrected chi connectivity index (χ2v) is 4.68. The van der Waals surface area contributed by atoms with Crippen LogP contribution in [0.15, 0.2) is 53.3 Å². The van der Waals surface area contributed by atoms with Crippen LogP contribution in [-0.2, 0) is 0 Å². The molecule has 0 fully saturated rings. The molecule has 1 N–H and O–H groups in total. The maximum atomic E-state index is 9.40. The normalized spacial score (nSPS) is 10.9. The molecule has 0 saturated carbocycles. The van der Waals surface area contributed by atoms with Gasteiger partial charge < -0.3 is 5.11 Å². The van der Waals surface area contributed by atoms with E-state index in [9.17, 15) is 5.11 Å². The summed E-state index contributed by atoms with van der Waals surface area (Å²) >= 11 is 3.41. The summed E-state index contributed by atoms with van der Waals surface area (Å²) in [7, 11) is 0. The van der Waals surface area contributed by atoms with Gasteiger partial charge in [0.1, 0.15) is 11.6 Å². The van der Waals surface area contributed by atoms with E-state index in [0.717, 1.165) is 21.4 Å². The molecule has 17 heavy (non-hydrogen) atoms. The van der Waals surface area contributed by atoms with Crippen LogP contribution in [0.3, 0.4) is 0 Å². The van der Waals surface area contributed by atoms with E-state index in [2.05, 4.69) is 20.9 Å². The zero-order valence-corrected chi connectivity index (χ0v) is 10.4. The lowest BCUT2D eigenvalue weighted by Crippen LogP contribution is -1.88. The molecule has 1 aromatic carbocycles. The van der Waals surface area contributed by atoms with Gasteiger partial charge >= 0.3 is 0 Å². The fourth-order valence-corrected chi connectivity index (χ4v) is 2.06. The third-order valence-corrected chi connectivity index (χ3v) is 3.15. The zero-order valence-electron chi connectivity index (χ0n) is 8.84. The van der Waals surface area contributed by atoms with Crippen LogP contribution >= 0.6 is 15.9 Å². The summed E-state index contributed by atoms with van der Waals surface area (Å²) in [6, 6.07) is 11.3. The van der Waals surface area contributed by atoms with Gasteiger partial charge in [-0.2, -0.15) is 0 Å². The molecule has 3 rings (SSSR count). The number of hydrogen-bond acceptors (Lipinski definition) is 2. The van der Waals surface area contributed by atoms with Crippen molar-refractivity contribution in [1.29, 1.82) is 0 Å². The van der Waals surface area contributed by atoms with Crippen molar-refractivity contribution in [3.8, 4) is 17.1 Å². The first-order valence-corrected chi connectivity index (χ1v) is 5.95. The lowest BCUT2D eigenvalue weighted by Gasteiger charge is -2.02. The van der Waals surface area contributed by atoms with Gasteiger partial charge in [0.25, 0.3) is 0 Å². The molecule has 0 bridgehead atoms. The van der Waals surface area contributed by atoms with Crippen molar-refractivity contribution in [2.24, 2.45) is 0 Å². The molecule has 0 aliphatic heterocycles. The third kappa shape index (κ3) is 1.80. The molecular formula is C13H9BrN2O. The molecule has 0 saturated heterocycles. The van der Waals surface area contributed by atoms with Crippen molar-refractivity contribution in [1.82, 2.24) is 9.38 Å². The molecule has 0 unspecified atom stereocenters. The second-order valence-electron chi connectivity index (χ2n) is 3.77. The predicted octanol–water partition coefficient (Wildman–Crippen LogP) is 3.47. The van der Waals surface area contributed by atoms with Crippen LogP contribution in [0.5, 0.6) is 5.75 Å². The van der Waals surface area contributed by atoms with E-state index in [4.69, 9.17) is 0 Å². The van der Waals surface area contributed by atoms with Crippen molar-refractivity contribution in [3.05, 3.63) is 53.3 Å². The number of rotatable bonds is 1. The topological polar surface area (TPSA) is 37.5 Å². The number of aromatic hydroxyl groups is 1. The van der Waals surface area contributed by atoms with Crippen LogP contribution in [0.4, 0.5) is 0 Å². The molecule has 0 radical (unpaired) electrons. The predicted molar refractivity (Wildman–Crippen MR) is 70.0 cm³/mol. The molecule has 0 spiro atoms. The van der Waals surface area contributed by atoms with Crippen molar-refractivity contribution in [2.45, 2.75) is 0 Å². The number of hydrogen-bond donors (Lipinski definition) is 1. The fraction of sp³-hybridized carbons (Fsp3) is 0. The van der Waals surface area contributed by atoms with E-state index in [1.54, 1.807) is 18.3 Å². The monoisotopic (exact) mass is 288 g/mol. The Balaban J connectivity index is 2.21. The zero-order chi connectivity index (χ0) is 11.8. The number of imidazole rings is 1. The van der Waals surface area contributed by atoms with Crippen LogP contribution in [0.25, 0.3) is 16.9 Å². The highest BCUT2D eigenvalue weighted by Gasteiger charge is 2.06. The number of halogens is 1. The SMILES string of the molecule is Oc1ccn2c(-c3ccc(Br)cc3)ncc2c1.